The number of rotatable bonds is 10. The molecule has 0 aromatic rings. The average molecular weight is 468 g/mol. The Kier molecular flexibility index (Phi) is 6.69. The summed E-state index contributed by atoms with van der Waals surface area (Å²) >= 11 is 0. The lowest BCUT2D eigenvalue weighted by Crippen LogP contribution is -2.73. The third-order valence-electron chi connectivity index (χ3n) is 3.40. The smallest absolute Gasteiger partial charge is 0.384 e. The number of carbonyl (C=O) groups is 1. The van der Waals surface area contributed by atoms with Crippen LogP contribution in [0.25, 0.3) is 0 Å². The molecule has 0 aromatic heterocycles. The highest BCUT2D eigenvalue weighted by molar-refractivity contribution is 5.85. The fraction of sp³-hybridized carbons (Fsp3) is 0.750. The second-order valence-electron chi connectivity index (χ2n) is 5.50. The third kappa shape index (κ3) is 3.71. The molecule has 0 aliphatic carbocycles. The van der Waals surface area contributed by atoms with Crippen molar-refractivity contribution in [1.82, 2.24) is 0 Å². The summed E-state index contributed by atoms with van der Waals surface area (Å²) in [6, 6.07) is 0. The number of aliphatic carboxylic acids is 1. The summed E-state index contributed by atoms with van der Waals surface area (Å²) in [4.78, 5) is 10.2. The molecule has 0 unspecified atom stereocenters. The molecule has 17 heteroatoms. The van der Waals surface area contributed by atoms with Gasteiger partial charge in [-0.3, -0.25) is 0 Å². The Morgan fingerprint density at radius 1 is 0.621 bits per heavy atom. The Bertz CT molecular complexity index is 652. The fourth-order valence-electron chi connectivity index (χ4n) is 1.59. The number of carboxylic acids is 1. The van der Waals surface area contributed by atoms with E-state index in [0.29, 0.717) is 0 Å². The molecule has 0 heterocycles. The molecule has 2 nitrogen and oxygen atoms in total. The zero-order valence-electron chi connectivity index (χ0n) is 13.1. The predicted molar refractivity (Wildman–Crippen MR) is 62.0 cm³/mol. The number of carboxylic acid groups (broad SMARTS) is 1. The monoisotopic (exact) mass is 468 g/mol. The second-order valence-corrected chi connectivity index (χ2v) is 5.50. The molecule has 0 amide bonds. The van der Waals surface area contributed by atoms with E-state index in [1.807, 2.05) is 0 Å². The van der Waals surface area contributed by atoms with Gasteiger partial charge in [-0.25, -0.2) is 9.18 Å². The van der Waals surface area contributed by atoms with Gasteiger partial charge in [-0.2, -0.15) is 61.5 Å². The maximum Gasteiger partial charge on any atom is 0.384 e. The zero-order valence-corrected chi connectivity index (χ0v) is 13.1. The van der Waals surface area contributed by atoms with Crippen molar-refractivity contribution in [1.29, 1.82) is 0 Å². The average Bonchev–Trinajstić information content (AvgIpc) is 2.52. The molecule has 172 valence electrons. The van der Waals surface area contributed by atoms with Gasteiger partial charge in [0.15, 0.2) is 6.67 Å². The van der Waals surface area contributed by atoms with E-state index in [1.165, 1.54) is 0 Å². The molecule has 29 heavy (non-hydrogen) atoms. The molecule has 0 saturated carbocycles. The molecule has 0 aliphatic rings. The van der Waals surface area contributed by atoms with Gasteiger partial charge in [-0.1, -0.05) is 6.58 Å². The second kappa shape index (κ2) is 7.14. The number of halogens is 15. The zero-order chi connectivity index (χ0) is 24.1. The normalized spacial score (nSPS) is 15.4. The molecule has 0 atom stereocenters. The molecule has 0 spiro atoms. The first-order valence-corrected chi connectivity index (χ1v) is 6.50. The molecule has 0 aliphatic heterocycles. The quantitative estimate of drug-likeness (QED) is 0.343. The summed E-state index contributed by atoms with van der Waals surface area (Å²) in [6.45, 7) is -1.67. The van der Waals surface area contributed by atoms with Crippen molar-refractivity contribution >= 4 is 5.97 Å². The van der Waals surface area contributed by atoms with E-state index in [9.17, 15) is 70.7 Å². The van der Waals surface area contributed by atoms with Crippen LogP contribution < -0.4 is 0 Å². The van der Waals surface area contributed by atoms with E-state index in [-0.39, 0.29) is 0 Å². The largest absolute Gasteiger partial charge is 0.478 e. The number of hydrogen-bond acceptors (Lipinski definition) is 1. The van der Waals surface area contributed by atoms with E-state index in [0.717, 1.165) is 0 Å². The van der Waals surface area contributed by atoms with Crippen LogP contribution in [0.3, 0.4) is 0 Å². The van der Waals surface area contributed by atoms with E-state index in [1.54, 1.807) is 0 Å². The molecule has 0 radical (unpaired) electrons. The lowest BCUT2D eigenvalue weighted by molar-refractivity contribution is -0.441. The summed E-state index contributed by atoms with van der Waals surface area (Å²) in [5, 5.41) is 8.17. The summed E-state index contributed by atoms with van der Waals surface area (Å²) in [6.07, 6.45) is -3.05. The SMILES string of the molecule is C=C(CC(F)(F)C(F)(F)C(F)(F)C(F)(F)C(F)(F)C(F)(F)C(F)(F)CF)C(=O)O. The summed E-state index contributed by atoms with van der Waals surface area (Å²) < 4.78 is 196. The Morgan fingerprint density at radius 2 is 0.897 bits per heavy atom. The van der Waals surface area contributed by atoms with E-state index in [2.05, 4.69) is 6.58 Å². The van der Waals surface area contributed by atoms with Crippen molar-refractivity contribution in [2.24, 2.45) is 0 Å². The molecule has 0 saturated heterocycles. The van der Waals surface area contributed by atoms with Crippen LogP contribution >= 0.6 is 0 Å². The molecule has 1 N–H and O–H groups in total. The minimum Gasteiger partial charge on any atom is -0.478 e. The van der Waals surface area contributed by atoms with Crippen LogP contribution in [0.15, 0.2) is 12.2 Å². The third-order valence-corrected chi connectivity index (χ3v) is 3.40. The highest BCUT2D eigenvalue weighted by atomic mass is 19.4. The molecule has 0 fully saturated rings. The lowest BCUT2D eigenvalue weighted by atomic mass is 9.88. The standard InChI is InChI=1S/C12H7F15O2/c1-4(5(28)29)2-6(14,15)8(18,19)10(22,23)12(26,27)11(24,25)9(20,21)7(16,17)3-13/h1-3H2,(H,28,29). The predicted octanol–water partition coefficient (Wildman–Crippen LogP) is 5.43. The Labute approximate surface area is 150 Å². The van der Waals surface area contributed by atoms with Crippen LogP contribution in [0.1, 0.15) is 6.42 Å². The van der Waals surface area contributed by atoms with Gasteiger partial charge in [0, 0.05) is 12.0 Å². The molecular weight excluding hydrogens is 461 g/mol. The Morgan fingerprint density at radius 3 is 1.17 bits per heavy atom. The fourth-order valence-corrected chi connectivity index (χ4v) is 1.59. The lowest BCUT2D eigenvalue weighted by Gasteiger charge is -2.42. The molecule has 0 bridgehead atoms. The Balaban J connectivity index is 6.52. The maximum absolute atomic E-state index is 13.3. The first-order valence-electron chi connectivity index (χ1n) is 6.50. The topological polar surface area (TPSA) is 37.3 Å². The van der Waals surface area contributed by atoms with Gasteiger partial charge in [0.1, 0.15) is 0 Å². The van der Waals surface area contributed by atoms with Gasteiger partial charge in [0.25, 0.3) is 0 Å². The van der Waals surface area contributed by atoms with Crippen LogP contribution in [0.5, 0.6) is 0 Å². The van der Waals surface area contributed by atoms with Crippen LogP contribution in [-0.2, 0) is 4.79 Å². The van der Waals surface area contributed by atoms with Gasteiger partial charge in [0.2, 0.25) is 0 Å². The summed E-state index contributed by atoms with van der Waals surface area (Å²) in [5.41, 5.74) is -2.02. The molecule has 0 aromatic carbocycles. The van der Waals surface area contributed by atoms with Crippen molar-refractivity contribution in [3.05, 3.63) is 12.2 Å². The summed E-state index contributed by atoms with van der Waals surface area (Å²) in [5.74, 6) is -56.1. The van der Waals surface area contributed by atoms with Crippen molar-refractivity contribution < 1.29 is 75.8 Å². The Hall–Kier alpha value is -1.84. The van der Waals surface area contributed by atoms with Crippen molar-refractivity contribution in [2.75, 3.05) is 6.67 Å². The van der Waals surface area contributed by atoms with Crippen LogP contribution in [-0.4, -0.2) is 59.2 Å². The van der Waals surface area contributed by atoms with Gasteiger partial charge in [0.05, 0.1) is 0 Å². The van der Waals surface area contributed by atoms with Crippen molar-refractivity contribution in [3.8, 4) is 0 Å². The maximum atomic E-state index is 13.3. The molecular formula is C12H7F15O2. The van der Waals surface area contributed by atoms with E-state index in [4.69, 9.17) is 5.11 Å². The van der Waals surface area contributed by atoms with Crippen LogP contribution in [0.4, 0.5) is 65.9 Å². The summed E-state index contributed by atoms with van der Waals surface area (Å²) in [7, 11) is 0. The van der Waals surface area contributed by atoms with Crippen LogP contribution in [0.2, 0.25) is 0 Å². The molecule has 0 rings (SSSR count). The van der Waals surface area contributed by atoms with Gasteiger partial charge in [-0.05, 0) is 0 Å². The minimum atomic E-state index is -8.32. The number of alkyl halides is 15. The highest BCUT2D eigenvalue weighted by Gasteiger charge is 2.92. The van der Waals surface area contributed by atoms with Gasteiger partial charge >= 0.3 is 47.4 Å². The van der Waals surface area contributed by atoms with Crippen molar-refractivity contribution in [3.63, 3.8) is 0 Å². The minimum absolute atomic E-state index is 2.02. The highest BCUT2D eigenvalue weighted by Crippen LogP contribution is 2.62. The van der Waals surface area contributed by atoms with E-state index >= 15 is 0 Å². The van der Waals surface area contributed by atoms with Crippen LogP contribution in [0, 0.1) is 0 Å². The first-order chi connectivity index (χ1) is 12.4. The van der Waals surface area contributed by atoms with Gasteiger partial charge < -0.3 is 5.11 Å². The van der Waals surface area contributed by atoms with Gasteiger partial charge in [-0.15, -0.1) is 0 Å². The van der Waals surface area contributed by atoms with E-state index < -0.39 is 66.1 Å². The van der Waals surface area contributed by atoms with Crippen molar-refractivity contribution in [2.45, 2.75) is 47.9 Å². The first kappa shape index (κ1) is 27.2. The number of hydrogen-bond donors (Lipinski definition) is 1.